The van der Waals surface area contributed by atoms with E-state index in [4.69, 9.17) is 0 Å². The number of likely N-dealkylation sites (N-methyl/N-ethyl adjacent to an activating group) is 1. The van der Waals surface area contributed by atoms with Crippen LogP contribution in [0.2, 0.25) is 0 Å². The topological polar surface area (TPSA) is 20.3 Å². The van der Waals surface area contributed by atoms with Crippen LogP contribution >= 0.6 is 0 Å². The summed E-state index contributed by atoms with van der Waals surface area (Å²) in [6, 6.07) is 14.2. The van der Waals surface area contributed by atoms with E-state index in [1.54, 1.807) is 0 Å². The zero-order chi connectivity index (χ0) is 11.5. The van der Waals surface area contributed by atoms with Crippen LogP contribution in [0.15, 0.2) is 42.5 Å². The minimum absolute atomic E-state index is 0.162. The van der Waals surface area contributed by atoms with Crippen molar-refractivity contribution in [2.75, 3.05) is 14.1 Å². The number of hydrogen-bond acceptors (Lipinski definition) is 2. The lowest BCUT2D eigenvalue weighted by Crippen LogP contribution is -2.20. The van der Waals surface area contributed by atoms with E-state index in [1.807, 2.05) is 37.2 Å². The summed E-state index contributed by atoms with van der Waals surface area (Å²) < 4.78 is 0. The molecular formula is C14H15NO. The van der Waals surface area contributed by atoms with Crippen LogP contribution in [0.25, 0.3) is 10.8 Å². The second kappa shape index (κ2) is 4.45. The molecule has 2 aromatic carbocycles. The van der Waals surface area contributed by atoms with Gasteiger partial charge in [-0.2, -0.15) is 0 Å². The van der Waals surface area contributed by atoms with Gasteiger partial charge in [0, 0.05) is 0 Å². The average molecular weight is 213 g/mol. The van der Waals surface area contributed by atoms with Crippen molar-refractivity contribution in [3.63, 3.8) is 0 Å². The number of carbonyl (C=O) groups is 1. The fraction of sp³-hybridized carbons (Fsp3) is 0.214. The molecule has 0 saturated heterocycles. The van der Waals surface area contributed by atoms with Crippen LogP contribution in [-0.2, 0) is 4.79 Å². The molecule has 0 aromatic heterocycles. The highest BCUT2D eigenvalue weighted by molar-refractivity contribution is 5.84. The molecule has 2 nitrogen and oxygen atoms in total. The summed E-state index contributed by atoms with van der Waals surface area (Å²) in [5.74, 6) is 0. The van der Waals surface area contributed by atoms with Crippen molar-refractivity contribution in [1.29, 1.82) is 0 Å². The van der Waals surface area contributed by atoms with Gasteiger partial charge in [-0.15, -0.1) is 0 Å². The van der Waals surface area contributed by atoms with E-state index in [9.17, 15) is 4.79 Å². The molecular weight excluding hydrogens is 198 g/mol. The molecule has 0 aliphatic rings. The second-order valence-electron chi connectivity index (χ2n) is 4.15. The van der Waals surface area contributed by atoms with Crippen LogP contribution in [-0.4, -0.2) is 25.3 Å². The standard InChI is InChI=1S/C14H15NO/c1-15(2)14(10-16)13-8-7-11-5-3-4-6-12(11)9-13/h3-10,14H,1-2H3. The molecule has 1 unspecified atom stereocenters. The Morgan fingerprint density at radius 2 is 1.75 bits per heavy atom. The first-order valence-electron chi connectivity index (χ1n) is 5.33. The summed E-state index contributed by atoms with van der Waals surface area (Å²) in [7, 11) is 3.82. The Balaban J connectivity index is 2.49. The summed E-state index contributed by atoms with van der Waals surface area (Å²) in [6.45, 7) is 0. The molecule has 16 heavy (non-hydrogen) atoms. The van der Waals surface area contributed by atoms with Crippen molar-refractivity contribution in [3.8, 4) is 0 Å². The number of fused-ring (bicyclic) bond motifs is 1. The van der Waals surface area contributed by atoms with E-state index in [0.29, 0.717) is 0 Å². The third-order valence-electron chi connectivity index (χ3n) is 2.80. The molecule has 2 aromatic rings. The Morgan fingerprint density at radius 3 is 2.38 bits per heavy atom. The van der Waals surface area contributed by atoms with Gasteiger partial charge < -0.3 is 4.79 Å². The Labute approximate surface area is 95.5 Å². The number of aldehydes is 1. The third-order valence-corrected chi connectivity index (χ3v) is 2.80. The predicted octanol–water partition coefficient (Wildman–Crippen LogP) is 2.64. The molecule has 0 heterocycles. The van der Waals surface area contributed by atoms with Crippen molar-refractivity contribution in [1.82, 2.24) is 4.90 Å². The van der Waals surface area contributed by atoms with Gasteiger partial charge in [0.05, 0.1) is 6.04 Å². The zero-order valence-electron chi connectivity index (χ0n) is 9.55. The number of hydrogen-bond donors (Lipinski definition) is 0. The zero-order valence-corrected chi connectivity index (χ0v) is 9.55. The Kier molecular flexibility index (Phi) is 3.02. The molecule has 0 saturated carbocycles. The number of carbonyl (C=O) groups excluding carboxylic acids is 1. The van der Waals surface area contributed by atoms with Gasteiger partial charge in [-0.3, -0.25) is 4.90 Å². The van der Waals surface area contributed by atoms with Gasteiger partial charge in [-0.1, -0.05) is 36.4 Å². The van der Waals surface area contributed by atoms with Gasteiger partial charge in [0.25, 0.3) is 0 Å². The largest absolute Gasteiger partial charge is 0.301 e. The van der Waals surface area contributed by atoms with Crippen molar-refractivity contribution in [3.05, 3.63) is 48.0 Å². The molecule has 0 radical (unpaired) electrons. The van der Waals surface area contributed by atoms with Gasteiger partial charge in [0.1, 0.15) is 6.29 Å². The van der Waals surface area contributed by atoms with E-state index in [-0.39, 0.29) is 6.04 Å². The minimum Gasteiger partial charge on any atom is -0.301 e. The van der Waals surface area contributed by atoms with Gasteiger partial charge >= 0.3 is 0 Å². The molecule has 0 N–H and O–H groups in total. The molecule has 2 heteroatoms. The summed E-state index contributed by atoms with van der Waals surface area (Å²) in [5.41, 5.74) is 1.04. The SMILES string of the molecule is CN(C)C(C=O)c1ccc2ccccc2c1. The Bertz CT molecular complexity index is 505. The van der Waals surface area contributed by atoms with Crippen LogP contribution in [0.4, 0.5) is 0 Å². The highest BCUT2D eigenvalue weighted by Crippen LogP contribution is 2.21. The lowest BCUT2D eigenvalue weighted by molar-refractivity contribution is -0.111. The highest BCUT2D eigenvalue weighted by atomic mass is 16.1. The predicted molar refractivity (Wildman–Crippen MR) is 66.4 cm³/mol. The van der Waals surface area contributed by atoms with Gasteiger partial charge in [0.15, 0.2) is 0 Å². The van der Waals surface area contributed by atoms with Crippen molar-refractivity contribution >= 4 is 17.1 Å². The maximum Gasteiger partial charge on any atom is 0.141 e. The smallest absolute Gasteiger partial charge is 0.141 e. The van der Waals surface area contributed by atoms with E-state index >= 15 is 0 Å². The van der Waals surface area contributed by atoms with Crippen LogP contribution < -0.4 is 0 Å². The van der Waals surface area contributed by atoms with E-state index in [1.165, 1.54) is 10.8 Å². The molecule has 0 fully saturated rings. The fourth-order valence-electron chi connectivity index (χ4n) is 1.89. The summed E-state index contributed by atoms with van der Waals surface area (Å²) >= 11 is 0. The molecule has 0 aliphatic heterocycles. The third kappa shape index (κ3) is 1.97. The van der Waals surface area contributed by atoms with Crippen molar-refractivity contribution in [2.45, 2.75) is 6.04 Å². The van der Waals surface area contributed by atoms with Crippen LogP contribution in [0.5, 0.6) is 0 Å². The highest BCUT2D eigenvalue weighted by Gasteiger charge is 2.12. The molecule has 0 aliphatic carbocycles. The molecule has 1 atom stereocenters. The molecule has 2 rings (SSSR count). The molecule has 82 valence electrons. The number of nitrogens with zero attached hydrogens (tertiary/aromatic N) is 1. The van der Waals surface area contributed by atoms with Crippen LogP contribution in [0.1, 0.15) is 11.6 Å². The van der Waals surface area contributed by atoms with Crippen LogP contribution in [0, 0.1) is 0 Å². The Morgan fingerprint density at radius 1 is 1.06 bits per heavy atom. The van der Waals surface area contributed by atoms with Crippen molar-refractivity contribution < 1.29 is 4.79 Å². The molecule has 0 spiro atoms. The molecule has 0 amide bonds. The first kappa shape index (κ1) is 10.8. The first-order chi connectivity index (χ1) is 7.72. The van der Waals surface area contributed by atoms with E-state index in [0.717, 1.165) is 11.8 Å². The number of rotatable bonds is 3. The normalized spacial score (nSPS) is 12.9. The maximum atomic E-state index is 11.0. The number of benzene rings is 2. The lowest BCUT2D eigenvalue weighted by atomic mass is 10.0. The summed E-state index contributed by atoms with van der Waals surface area (Å²) in [5, 5.41) is 2.38. The minimum atomic E-state index is -0.162. The monoisotopic (exact) mass is 213 g/mol. The quantitative estimate of drug-likeness (QED) is 0.730. The van der Waals surface area contributed by atoms with Gasteiger partial charge in [-0.05, 0) is 36.5 Å². The first-order valence-corrected chi connectivity index (χ1v) is 5.33. The lowest BCUT2D eigenvalue weighted by Gasteiger charge is -2.19. The molecule has 0 bridgehead atoms. The van der Waals surface area contributed by atoms with Crippen molar-refractivity contribution in [2.24, 2.45) is 0 Å². The average Bonchev–Trinajstić information content (AvgIpc) is 2.29. The Hall–Kier alpha value is -1.67. The van der Waals surface area contributed by atoms with E-state index in [2.05, 4.69) is 24.3 Å². The summed E-state index contributed by atoms with van der Waals surface area (Å²) in [4.78, 5) is 13.0. The van der Waals surface area contributed by atoms with Crippen LogP contribution in [0.3, 0.4) is 0 Å². The fourth-order valence-corrected chi connectivity index (χ4v) is 1.89. The summed E-state index contributed by atoms with van der Waals surface area (Å²) in [6.07, 6.45) is 0.976. The second-order valence-corrected chi connectivity index (χ2v) is 4.15. The van der Waals surface area contributed by atoms with Gasteiger partial charge in [-0.25, -0.2) is 0 Å². The van der Waals surface area contributed by atoms with Gasteiger partial charge in [0.2, 0.25) is 0 Å². The maximum absolute atomic E-state index is 11.0. The van der Waals surface area contributed by atoms with E-state index < -0.39 is 0 Å².